The summed E-state index contributed by atoms with van der Waals surface area (Å²) in [6.07, 6.45) is -0.725. The maximum Gasteiger partial charge on any atom is 0.336 e. The van der Waals surface area contributed by atoms with E-state index in [1.165, 1.54) is 12.0 Å². The highest BCUT2D eigenvalue weighted by Gasteiger charge is 2.33. The van der Waals surface area contributed by atoms with Gasteiger partial charge >= 0.3 is 11.9 Å². The molecule has 1 amide bonds. The van der Waals surface area contributed by atoms with Crippen LogP contribution in [0.25, 0.3) is 0 Å². The number of carboxylic acid groups (broad SMARTS) is 1. The minimum atomic E-state index is -0.933. The summed E-state index contributed by atoms with van der Waals surface area (Å²) in [7, 11) is 1.27. The predicted molar refractivity (Wildman–Crippen MR) is 69.0 cm³/mol. The lowest BCUT2D eigenvalue weighted by Crippen LogP contribution is -2.49. The van der Waals surface area contributed by atoms with Crippen molar-refractivity contribution in [2.45, 2.75) is 32.8 Å². The molecule has 0 saturated carbocycles. The van der Waals surface area contributed by atoms with Crippen LogP contribution in [0.4, 0.5) is 0 Å². The first-order chi connectivity index (χ1) is 9.25. The van der Waals surface area contributed by atoms with Gasteiger partial charge in [0.1, 0.15) is 0 Å². The second-order valence-electron chi connectivity index (χ2n) is 5.63. The van der Waals surface area contributed by atoms with Gasteiger partial charge in [0, 0.05) is 13.0 Å². The Kier molecular flexibility index (Phi) is 5.50. The molecule has 1 fully saturated rings. The molecule has 20 heavy (non-hydrogen) atoms. The summed E-state index contributed by atoms with van der Waals surface area (Å²) in [6.45, 7) is 4.28. The lowest BCUT2D eigenvalue weighted by Gasteiger charge is -2.33. The lowest BCUT2D eigenvalue weighted by atomic mass is 9.85. The zero-order valence-corrected chi connectivity index (χ0v) is 12.0. The Balaban J connectivity index is 2.58. The van der Waals surface area contributed by atoms with Gasteiger partial charge in [0.15, 0.2) is 6.10 Å². The van der Waals surface area contributed by atoms with Crippen molar-refractivity contribution < 1.29 is 29.0 Å². The third-order valence-corrected chi connectivity index (χ3v) is 3.14. The third-order valence-electron chi connectivity index (χ3n) is 3.14. The van der Waals surface area contributed by atoms with E-state index < -0.39 is 23.5 Å². The number of nitrogens with zero attached hydrogens (tertiary/aromatic N) is 1. The minimum Gasteiger partial charge on any atom is -0.481 e. The molecule has 0 aliphatic carbocycles. The average molecular weight is 287 g/mol. The number of carbonyl (C=O) groups is 3. The Morgan fingerprint density at radius 3 is 2.55 bits per heavy atom. The van der Waals surface area contributed by atoms with Gasteiger partial charge in [-0.25, -0.2) is 4.79 Å². The molecule has 1 aliphatic heterocycles. The molecule has 0 aromatic heterocycles. The van der Waals surface area contributed by atoms with Crippen molar-refractivity contribution in [2.24, 2.45) is 5.41 Å². The summed E-state index contributed by atoms with van der Waals surface area (Å²) in [5.74, 6) is -1.61. The van der Waals surface area contributed by atoms with Crippen molar-refractivity contribution in [3.05, 3.63) is 0 Å². The zero-order valence-electron chi connectivity index (χ0n) is 12.0. The number of aliphatic carboxylic acids is 1. The smallest absolute Gasteiger partial charge is 0.336 e. The molecule has 114 valence electrons. The molecule has 7 nitrogen and oxygen atoms in total. The summed E-state index contributed by atoms with van der Waals surface area (Å²) in [5, 5.41) is 8.81. The summed E-state index contributed by atoms with van der Waals surface area (Å²) >= 11 is 0. The first kappa shape index (κ1) is 16.4. The molecular formula is C13H21NO6. The van der Waals surface area contributed by atoms with Gasteiger partial charge in [-0.2, -0.15) is 0 Å². The van der Waals surface area contributed by atoms with Gasteiger partial charge in [0.05, 0.1) is 26.7 Å². The predicted octanol–water partition coefficient (Wildman–Crippen LogP) is 0.278. The summed E-state index contributed by atoms with van der Waals surface area (Å²) in [5.41, 5.74) is -0.623. The van der Waals surface area contributed by atoms with Crippen molar-refractivity contribution in [1.29, 1.82) is 0 Å². The number of esters is 1. The van der Waals surface area contributed by atoms with Gasteiger partial charge in [-0.15, -0.1) is 0 Å². The van der Waals surface area contributed by atoms with E-state index in [-0.39, 0.29) is 31.9 Å². The summed E-state index contributed by atoms with van der Waals surface area (Å²) in [4.78, 5) is 35.8. The maximum absolute atomic E-state index is 12.2. The monoisotopic (exact) mass is 287 g/mol. The van der Waals surface area contributed by atoms with Crippen molar-refractivity contribution in [3.63, 3.8) is 0 Å². The highest BCUT2D eigenvalue weighted by Crippen LogP contribution is 2.26. The van der Waals surface area contributed by atoms with E-state index in [4.69, 9.17) is 9.84 Å². The van der Waals surface area contributed by atoms with Crippen LogP contribution in [-0.4, -0.2) is 60.8 Å². The van der Waals surface area contributed by atoms with Gasteiger partial charge in [-0.3, -0.25) is 9.59 Å². The standard InChI is InChI=1S/C13H21NO6/c1-13(2,7-11(16)17)6-10(15)14-4-5-20-9(8-14)12(18)19-3/h9H,4-8H2,1-3H3,(H,16,17). The molecular weight excluding hydrogens is 266 g/mol. The van der Waals surface area contributed by atoms with Crippen LogP contribution in [0.1, 0.15) is 26.7 Å². The molecule has 0 aromatic carbocycles. The van der Waals surface area contributed by atoms with E-state index in [9.17, 15) is 14.4 Å². The number of rotatable bonds is 5. The summed E-state index contributed by atoms with van der Waals surface area (Å²) in [6, 6.07) is 0. The Morgan fingerprint density at radius 2 is 2.00 bits per heavy atom. The molecule has 0 bridgehead atoms. The molecule has 1 aliphatic rings. The quantitative estimate of drug-likeness (QED) is 0.730. The third kappa shape index (κ3) is 4.80. The van der Waals surface area contributed by atoms with Gasteiger partial charge < -0.3 is 19.5 Å². The van der Waals surface area contributed by atoms with Crippen molar-refractivity contribution >= 4 is 17.8 Å². The Bertz CT molecular complexity index is 392. The molecule has 1 rings (SSSR count). The number of amides is 1. The molecule has 0 aromatic rings. The molecule has 0 radical (unpaired) electrons. The van der Waals surface area contributed by atoms with E-state index >= 15 is 0 Å². The molecule has 1 N–H and O–H groups in total. The minimum absolute atomic E-state index is 0.0799. The first-order valence-electron chi connectivity index (χ1n) is 6.44. The lowest BCUT2D eigenvalue weighted by molar-refractivity contribution is -0.162. The van der Waals surface area contributed by atoms with Crippen LogP contribution in [0, 0.1) is 5.41 Å². The van der Waals surface area contributed by atoms with Crippen LogP contribution in [0.5, 0.6) is 0 Å². The van der Waals surface area contributed by atoms with Crippen molar-refractivity contribution in [2.75, 3.05) is 26.8 Å². The fourth-order valence-corrected chi connectivity index (χ4v) is 2.14. The second kappa shape index (κ2) is 6.69. The summed E-state index contributed by atoms with van der Waals surface area (Å²) < 4.78 is 9.83. The molecule has 1 heterocycles. The zero-order chi connectivity index (χ0) is 15.3. The van der Waals surface area contributed by atoms with Crippen LogP contribution in [-0.2, 0) is 23.9 Å². The maximum atomic E-state index is 12.2. The van der Waals surface area contributed by atoms with E-state index in [2.05, 4.69) is 4.74 Å². The van der Waals surface area contributed by atoms with Gasteiger partial charge in [-0.05, 0) is 5.41 Å². The number of methoxy groups -OCH3 is 1. The number of hydrogen-bond donors (Lipinski definition) is 1. The average Bonchev–Trinajstić information content (AvgIpc) is 2.35. The van der Waals surface area contributed by atoms with Crippen molar-refractivity contribution in [1.82, 2.24) is 4.90 Å². The number of ether oxygens (including phenoxy) is 2. The SMILES string of the molecule is COC(=O)C1CN(C(=O)CC(C)(C)CC(=O)O)CCO1. The van der Waals surface area contributed by atoms with Crippen molar-refractivity contribution in [3.8, 4) is 0 Å². The Labute approximate surface area is 117 Å². The first-order valence-corrected chi connectivity index (χ1v) is 6.44. The fourth-order valence-electron chi connectivity index (χ4n) is 2.14. The largest absolute Gasteiger partial charge is 0.481 e. The van der Waals surface area contributed by atoms with Crippen LogP contribution in [0.15, 0.2) is 0 Å². The Morgan fingerprint density at radius 1 is 1.35 bits per heavy atom. The second-order valence-corrected chi connectivity index (χ2v) is 5.63. The number of carbonyl (C=O) groups excluding carboxylic acids is 2. The normalized spacial score (nSPS) is 19.6. The van der Waals surface area contributed by atoms with Crippen LogP contribution >= 0.6 is 0 Å². The van der Waals surface area contributed by atoms with Crippen LogP contribution in [0.3, 0.4) is 0 Å². The number of morpholine rings is 1. The molecule has 7 heteroatoms. The molecule has 1 unspecified atom stereocenters. The Hall–Kier alpha value is -1.63. The van der Waals surface area contributed by atoms with Crippen LogP contribution in [0.2, 0.25) is 0 Å². The van der Waals surface area contributed by atoms with Gasteiger partial charge in [0.2, 0.25) is 5.91 Å². The van der Waals surface area contributed by atoms with E-state index in [0.717, 1.165) is 0 Å². The number of carboxylic acids is 1. The molecule has 1 atom stereocenters. The van der Waals surface area contributed by atoms with E-state index in [1.807, 2.05) is 0 Å². The van der Waals surface area contributed by atoms with E-state index in [0.29, 0.717) is 6.54 Å². The van der Waals surface area contributed by atoms with Gasteiger partial charge in [-0.1, -0.05) is 13.8 Å². The van der Waals surface area contributed by atoms with Gasteiger partial charge in [0.25, 0.3) is 0 Å². The topological polar surface area (TPSA) is 93.1 Å². The molecule has 1 saturated heterocycles. The van der Waals surface area contributed by atoms with Crippen LogP contribution < -0.4 is 0 Å². The van der Waals surface area contributed by atoms with E-state index in [1.54, 1.807) is 13.8 Å². The highest BCUT2D eigenvalue weighted by molar-refractivity contribution is 5.80. The fraction of sp³-hybridized carbons (Fsp3) is 0.769. The highest BCUT2D eigenvalue weighted by atomic mass is 16.6. The number of hydrogen-bond acceptors (Lipinski definition) is 5. The molecule has 0 spiro atoms.